The monoisotopic (exact) mass is 313 g/mol. The minimum atomic E-state index is -0.485. The average Bonchev–Trinajstić information content (AvgIpc) is 2.89. The first-order chi connectivity index (χ1) is 10.7. The summed E-state index contributed by atoms with van der Waals surface area (Å²) < 4.78 is 5.60. The fraction of sp³-hybridized carbons (Fsp3) is 0.0588. The molecule has 0 fully saturated rings. The Morgan fingerprint density at radius 1 is 1.09 bits per heavy atom. The number of hydrogen-bond donors (Lipinski definition) is 0. The summed E-state index contributed by atoms with van der Waals surface area (Å²) in [4.78, 5) is 16.5. The van der Waals surface area contributed by atoms with E-state index in [0.29, 0.717) is 22.1 Å². The molecule has 22 heavy (non-hydrogen) atoms. The van der Waals surface area contributed by atoms with Gasteiger partial charge in [0, 0.05) is 5.02 Å². The first-order valence-corrected chi connectivity index (χ1v) is 7.04. The zero-order valence-corrected chi connectivity index (χ0v) is 12.3. The van der Waals surface area contributed by atoms with Gasteiger partial charge < -0.3 is 9.57 Å². The summed E-state index contributed by atoms with van der Waals surface area (Å²) in [5.74, 6) is 0.219. The lowest BCUT2D eigenvalue weighted by Crippen LogP contribution is -2.14. The summed E-state index contributed by atoms with van der Waals surface area (Å²) in [5.41, 5.74) is 1.69. The molecule has 0 aromatic heterocycles. The molecule has 0 N–H and O–H groups in total. The lowest BCUT2D eigenvalue weighted by molar-refractivity contribution is -0.136. The highest BCUT2D eigenvalue weighted by atomic mass is 35.5. The van der Waals surface area contributed by atoms with E-state index in [0.717, 1.165) is 5.56 Å². The Morgan fingerprint density at radius 2 is 1.82 bits per heavy atom. The summed E-state index contributed by atoms with van der Waals surface area (Å²) in [6.07, 6.45) is 1.71. The number of ether oxygens (including phenoxy) is 1. The third-order valence-corrected chi connectivity index (χ3v) is 3.32. The number of benzene rings is 2. The van der Waals surface area contributed by atoms with E-state index >= 15 is 0 Å². The zero-order chi connectivity index (χ0) is 15.4. The molecule has 5 heteroatoms. The smallest absolute Gasteiger partial charge is 0.367 e. The lowest BCUT2D eigenvalue weighted by atomic mass is 10.1. The number of halogens is 1. The number of hydrogen-bond acceptors (Lipinski definition) is 4. The molecule has 0 spiro atoms. The predicted molar refractivity (Wildman–Crippen MR) is 84.9 cm³/mol. The Bertz CT molecular complexity index is 736. The molecule has 0 amide bonds. The number of carbonyl (C=O) groups excluding carboxylic acids is 1. The van der Waals surface area contributed by atoms with Gasteiger partial charge in [-0.1, -0.05) is 47.1 Å². The van der Waals surface area contributed by atoms with Crippen LogP contribution in [-0.2, 0) is 9.63 Å². The van der Waals surface area contributed by atoms with Crippen molar-refractivity contribution in [1.82, 2.24) is 0 Å². The second-order valence-corrected chi connectivity index (χ2v) is 5.06. The van der Waals surface area contributed by atoms with E-state index in [1.165, 1.54) is 0 Å². The molecule has 0 saturated heterocycles. The molecular formula is C17H12ClNO3. The molecule has 0 saturated carbocycles. The highest BCUT2D eigenvalue weighted by Crippen LogP contribution is 2.18. The van der Waals surface area contributed by atoms with Crippen molar-refractivity contribution < 1.29 is 14.4 Å². The Morgan fingerprint density at radius 3 is 2.55 bits per heavy atom. The van der Waals surface area contributed by atoms with Crippen LogP contribution in [0.15, 0.2) is 65.3 Å². The maximum atomic E-state index is 11.8. The van der Waals surface area contributed by atoms with Crippen molar-refractivity contribution in [3.05, 3.63) is 70.8 Å². The molecule has 2 aromatic rings. The van der Waals surface area contributed by atoms with Crippen LogP contribution in [0.5, 0.6) is 5.75 Å². The summed E-state index contributed by atoms with van der Waals surface area (Å²) in [7, 11) is 0. The Balaban J connectivity index is 1.76. The Kier molecular flexibility index (Phi) is 4.21. The SMILES string of the molecule is O=C1ON=C(COc2ccccc2)/C1=C\c1ccc(Cl)cc1. The molecule has 0 atom stereocenters. The molecule has 4 nitrogen and oxygen atoms in total. The van der Waals surface area contributed by atoms with Gasteiger partial charge in [-0.2, -0.15) is 0 Å². The third kappa shape index (κ3) is 3.35. The van der Waals surface area contributed by atoms with Crippen molar-refractivity contribution >= 4 is 29.4 Å². The van der Waals surface area contributed by atoms with E-state index in [-0.39, 0.29) is 6.61 Å². The van der Waals surface area contributed by atoms with Gasteiger partial charge in [0.05, 0.1) is 5.57 Å². The van der Waals surface area contributed by atoms with Gasteiger partial charge in [-0.15, -0.1) is 0 Å². The second kappa shape index (κ2) is 6.45. The topological polar surface area (TPSA) is 47.9 Å². The number of oxime groups is 1. The number of para-hydroxylation sites is 1. The summed E-state index contributed by atoms with van der Waals surface area (Å²) >= 11 is 5.85. The molecular weight excluding hydrogens is 302 g/mol. The van der Waals surface area contributed by atoms with Crippen LogP contribution < -0.4 is 4.74 Å². The van der Waals surface area contributed by atoms with Gasteiger partial charge in [-0.25, -0.2) is 4.79 Å². The van der Waals surface area contributed by atoms with E-state index in [1.54, 1.807) is 18.2 Å². The van der Waals surface area contributed by atoms with E-state index in [2.05, 4.69) is 5.16 Å². The van der Waals surface area contributed by atoms with Crippen molar-refractivity contribution in [1.29, 1.82) is 0 Å². The maximum Gasteiger partial charge on any atom is 0.367 e. The molecule has 0 bridgehead atoms. The van der Waals surface area contributed by atoms with Crippen molar-refractivity contribution in [2.75, 3.05) is 6.61 Å². The average molecular weight is 314 g/mol. The van der Waals surface area contributed by atoms with Crippen LogP contribution in [0.25, 0.3) is 6.08 Å². The minimum Gasteiger partial charge on any atom is -0.487 e. The maximum absolute atomic E-state index is 11.8. The van der Waals surface area contributed by atoms with Gasteiger partial charge in [0.1, 0.15) is 18.1 Å². The van der Waals surface area contributed by atoms with Gasteiger partial charge in [0.15, 0.2) is 0 Å². The molecule has 110 valence electrons. The van der Waals surface area contributed by atoms with Crippen LogP contribution in [0.3, 0.4) is 0 Å². The highest BCUT2D eigenvalue weighted by Gasteiger charge is 2.25. The van der Waals surface area contributed by atoms with Crippen LogP contribution >= 0.6 is 11.6 Å². The second-order valence-electron chi connectivity index (χ2n) is 4.63. The van der Waals surface area contributed by atoms with Crippen molar-refractivity contribution in [3.8, 4) is 5.75 Å². The van der Waals surface area contributed by atoms with Crippen LogP contribution in [0.1, 0.15) is 5.56 Å². The summed E-state index contributed by atoms with van der Waals surface area (Å²) in [6, 6.07) is 16.5. The fourth-order valence-corrected chi connectivity index (χ4v) is 2.08. The molecule has 3 rings (SSSR count). The predicted octanol–water partition coefficient (Wildman–Crippen LogP) is 3.72. The third-order valence-electron chi connectivity index (χ3n) is 3.07. The lowest BCUT2D eigenvalue weighted by Gasteiger charge is -2.05. The van der Waals surface area contributed by atoms with Gasteiger partial charge in [-0.05, 0) is 35.9 Å². The van der Waals surface area contributed by atoms with Gasteiger partial charge in [0.25, 0.3) is 0 Å². The summed E-state index contributed by atoms with van der Waals surface area (Å²) in [6.45, 7) is 0.162. The molecule has 2 aromatic carbocycles. The zero-order valence-electron chi connectivity index (χ0n) is 11.5. The van der Waals surface area contributed by atoms with E-state index in [1.807, 2.05) is 42.5 Å². The fourth-order valence-electron chi connectivity index (χ4n) is 1.95. The minimum absolute atomic E-state index is 0.162. The quantitative estimate of drug-likeness (QED) is 0.638. The Labute approximate surface area is 132 Å². The van der Waals surface area contributed by atoms with Crippen LogP contribution in [0.2, 0.25) is 5.02 Å². The van der Waals surface area contributed by atoms with E-state index < -0.39 is 5.97 Å². The standard InChI is InChI=1S/C17H12ClNO3/c18-13-8-6-12(7-9-13)10-15-16(19-22-17(15)20)11-21-14-4-2-1-3-5-14/h1-10H,11H2/b15-10+. The van der Waals surface area contributed by atoms with Crippen LogP contribution in [0.4, 0.5) is 0 Å². The van der Waals surface area contributed by atoms with Crippen molar-refractivity contribution in [2.24, 2.45) is 5.16 Å². The molecule has 0 unspecified atom stereocenters. The molecule has 1 heterocycles. The molecule has 0 radical (unpaired) electrons. The van der Waals surface area contributed by atoms with Gasteiger partial charge in [0.2, 0.25) is 0 Å². The largest absolute Gasteiger partial charge is 0.487 e. The van der Waals surface area contributed by atoms with Crippen molar-refractivity contribution in [3.63, 3.8) is 0 Å². The normalized spacial score (nSPS) is 15.6. The van der Waals surface area contributed by atoms with E-state index in [9.17, 15) is 4.79 Å². The van der Waals surface area contributed by atoms with Gasteiger partial charge in [-0.3, -0.25) is 0 Å². The van der Waals surface area contributed by atoms with E-state index in [4.69, 9.17) is 21.2 Å². The summed E-state index contributed by atoms with van der Waals surface area (Å²) in [5, 5.41) is 4.41. The number of rotatable bonds is 4. The number of nitrogens with zero attached hydrogens (tertiary/aromatic N) is 1. The first-order valence-electron chi connectivity index (χ1n) is 6.66. The molecule has 1 aliphatic rings. The van der Waals surface area contributed by atoms with Crippen LogP contribution in [-0.4, -0.2) is 18.3 Å². The van der Waals surface area contributed by atoms with Gasteiger partial charge >= 0.3 is 5.97 Å². The van der Waals surface area contributed by atoms with Crippen LogP contribution in [0, 0.1) is 0 Å². The van der Waals surface area contributed by atoms with Crippen molar-refractivity contribution in [2.45, 2.75) is 0 Å². The highest BCUT2D eigenvalue weighted by molar-refractivity contribution is 6.30. The number of carbonyl (C=O) groups is 1. The Hall–Kier alpha value is -2.59. The molecule has 0 aliphatic carbocycles. The molecule has 1 aliphatic heterocycles. The first kappa shape index (κ1) is 14.4.